The highest BCUT2D eigenvalue weighted by Gasteiger charge is 2.41. The summed E-state index contributed by atoms with van der Waals surface area (Å²) in [6.45, 7) is 1.37. The van der Waals surface area contributed by atoms with Crippen molar-refractivity contribution in [1.29, 1.82) is 0 Å². The molecule has 0 radical (unpaired) electrons. The molecule has 11 heteroatoms. The highest BCUT2D eigenvalue weighted by atomic mass is 19.4. The van der Waals surface area contributed by atoms with Gasteiger partial charge in [0.25, 0.3) is 0 Å². The van der Waals surface area contributed by atoms with Crippen LogP contribution in [0.25, 0.3) is 0 Å². The lowest BCUT2D eigenvalue weighted by atomic mass is 10.1. The summed E-state index contributed by atoms with van der Waals surface area (Å²) < 4.78 is 37.9. The van der Waals surface area contributed by atoms with E-state index in [2.05, 4.69) is 20.2 Å². The van der Waals surface area contributed by atoms with Gasteiger partial charge in [0.2, 0.25) is 0 Å². The molecule has 2 atom stereocenters. The van der Waals surface area contributed by atoms with Crippen molar-refractivity contribution in [2.75, 3.05) is 28.2 Å². The molecule has 164 valence electrons. The number of hydrogen-bond acceptors (Lipinski definition) is 6. The molecule has 2 aromatic heterocycles. The molecule has 4 heterocycles. The van der Waals surface area contributed by atoms with Crippen LogP contribution >= 0.6 is 0 Å². The number of fused-ring (bicyclic) bond motifs is 4. The smallest absolute Gasteiger partial charge is 0.366 e. The lowest BCUT2D eigenvalue weighted by molar-refractivity contribution is -0.148. The fraction of sp³-hybridized carbons (Fsp3) is 0.400. The molecule has 2 amide bonds. The van der Waals surface area contributed by atoms with Gasteiger partial charge in [-0.2, -0.15) is 13.2 Å². The van der Waals surface area contributed by atoms with Crippen LogP contribution in [-0.2, 0) is 0 Å². The van der Waals surface area contributed by atoms with Gasteiger partial charge in [-0.3, -0.25) is 15.0 Å². The third-order valence-corrected chi connectivity index (χ3v) is 5.46. The number of anilines is 3. The summed E-state index contributed by atoms with van der Waals surface area (Å²) in [6, 6.07) is 5.65. The molecular weight excluding hydrogens is 413 g/mol. The quantitative estimate of drug-likeness (QED) is 0.702. The van der Waals surface area contributed by atoms with Crippen LogP contribution in [0.2, 0.25) is 0 Å². The molecule has 0 aliphatic carbocycles. The first kappa shape index (κ1) is 21.0. The van der Waals surface area contributed by atoms with Gasteiger partial charge in [-0.05, 0) is 37.1 Å². The van der Waals surface area contributed by atoms with E-state index in [4.69, 9.17) is 5.73 Å². The number of amides is 2. The van der Waals surface area contributed by atoms with Crippen LogP contribution in [0.5, 0.6) is 0 Å². The zero-order valence-electron chi connectivity index (χ0n) is 16.5. The lowest BCUT2D eigenvalue weighted by Gasteiger charge is -2.35. The molecule has 2 aromatic rings. The molecule has 2 bridgehead atoms. The molecule has 4 rings (SSSR count). The summed E-state index contributed by atoms with van der Waals surface area (Å²) in [5.41, 5.74) is 5.80. The van der Waals surface area contributed by atoms with E-state index in [9.17, 15) is 22.8 Å². The number of nitrogens with two attached hydrogens (primary N) is 1. The molecule has 2 aliphatic rings. The van der Waals surface area contributed by atoms with Crippen LogP contribution in [0.15, 0.2) is 36.5 Å². The van der Waals surface area contributed by atoms with Crippen molar-refractivity contribution in [3.05, 3.63) is 42.2 Å². The van der Waals surface area contributed by atoms with Gasteiger partial charge in [0.15, 0.2) is 11.6 Å². The monoisotopic (exact) mass is 434 g/mol. The summed E-state index contributed by atoms with van der Waals surface area (Å²) in [5, 5.41) is 2.73. The van der Waals surface area contributed by atoms with Crippen molar-refractivity contribution < 1.29 is 22.8 Å². The summed E-state index contributed by atoms with van der Waals surface area (Å²) >= 11 is 0. The van der Waals surface area contributed by atoms with E-state index >= 15 is 0 Å². The molecule has 0 unspecified atom stereocenters. The number of pyridine rings is 2. The van der Waals surface area contributed by atoms with Crippen LogP contribution in [-0.4, -0.2) is 53.1 Å². The number of carbonyl (C=O) groups is 2. The second-order valence-electron chi connectivity index (χ2n) is 7.55. The summed E-state index contributed by atoms with van der Waals surface area (Å²) in [7, 11) is 0. The average molecular weight is 434 g/mol. The molecule has 31 heavy (non-hydrogen) atoms. The second kappa shape index (κ2) is 8.14. The summed E-state index contributed by atoms with van der Waals surface area (Å²) in [5.74, 6) is 0.136. The Hall–Kier alpha value is -3.21. The minimum Gasteiger partial charge on any atom is -0.366 e. The maximum Gasteiger partial charge on any atom is 0.403 e. The third kappa shape index (κ3) is 4.31. The first-order chi connectivity index (χ1) is 14.7. The number of nitrogens with one attached hydrogen (secondary N) is 1. The van der Waals surface area contributed by atoms with Crippen molar-refractivity contribution in [1.82, 2.24) is 9.97 Å². The highest BCUT2D eigenvalue weighted by Crippen LogP contribution is 2.39. The van der Waals surface area contributed by atoms with E-state index in [0.29, 0.717) is 23.9 Å². The fourth-order valence-corrected chi connectivity index (χ4v) is 3.81. The molecule has 3 N–H and O–H groups in total. The van der Waals surface area contributed by atoms with Crippen molar-refractivity contribution >= 4 is 29.1 Å². The first-order valence-electron chi connectivity index (χ1n) is 9.87. The van der Waals surface area contributed by atoms with E-state index in [1.54, 1.807) is 30.5 Å². The number of Topliss-reactive ketones (excluding diaryl/α,β-unsaturated/α-hetero) is 1. The Morgan fingerprint density at radius 3 is 2.77 bits per heavy atom. The number of rotatable bonds is 5. The Labute approximate surface area is 176 Å². The van der Waals surface area contributed by atoms with Gasteiger partial charge < -0.3 is 10.6 Å². The number of hydrogen-bond donors (Lipinski definition) is 2. The Balaban J connectivity index is 1.57. The van der Waals surface area contributed by atoms with Crippen LogP contribution in [0.1, 0.15) is 29.8 Å². The number of carbonyl (C=O) groups excluding carboxylic acids is 2. The predicted molar refractivity (Wildman–Crippen MR) is 108 cm³/mol. The van der Waals surface area contributed by atoms with E-state index in [1.165, 1.54) is 11.0 Å². The average Bonchev–Trinajstić information content (AvgIpc) is 3.15. The minimum atomic E-state index is -4.56. The number of urea groups is 1. The number of ketones is 1. The highest BCUT2D eigenvalue weighted by molar-refractivity contribution is 6.05. The van der Waals surface area contributed by atoms with Crippen molar-refractivity contribution in [3.63, 3.8) is 0 Å². The second-order valence-corrected chi connectivity index (χ2v) is 7.55. The zero-order chi connectivity index (χ0) is 22.2. The maximum atomic E-state index is 13.0. The third-order valence-electron chi connectivity index (χ3n) is 5.46. The van der Waals surface area contributed by atoms with Gasteiger partial charge >= 0.3 is 12.2 Å². The standard InChI is InChI=1S/C20H21F3N6O2/c21-20(22,23)16(24)7-6-15(30)13-4-5-14-18(26-13)29(12-8-10-28(14)11-12)19(31)27-17-3-1-2-9-25-17/h1-5,9,12,16H,6-8,10-11,24H2,(H,25,27,31)/t12-,16-/m0/s1. The number of halogens is 3. The topological polar surface area (TPSA) is 104 Å². The molecular formula is C20H21F3N6O2. The van der Waals surface area contributed by atoms with Crippen molar-refractivity contribution in [2.45, 2.75) is 37.5 Å². The van der Waals surface area contributed by atoms with E-state index < -0.39 is 30.5 Å². The van der Waals surface area contributed by atoms with Gasteiger partial charge in [0.05, 0.1) is 11.7 Å². The fourth-order valence-electron chi connectivity index (χ4n) is 3.81. The normalized spacial score (nSPS) is 18.5. The number of nitrogens with zero attached hydrogens (tertiary/aromatic N) is 4. The van der Waals surface area contributed by atoms with Gasteiger partial charge in [-0.1, -0.05) is 6.07 Å². The van der Waals surface area contributed by atoms with Crippen molar-refractivity contribution in [2.24, 2.45) is 5.73 Å². The Kier molecular flexibility index (Phi) is 5.52. The number of alkyl halides is 3. The molecule has 0 saturated carbocycles. The lowest BCUT2D eigenvalue weighted by Crippen LogP contribution is -2.48. The largest absolute Gasteiger partial charge is 0.403 e. The molecule has 1 saturated heterocycles. The SMILES string of the molecule is N[C@@H](CCC(=O)c1ccc2c(n1)N(C(=O)Nc1ccccn1)[C@H]1CCN2C1)C(F)(F)F. The minimum absolute atomic E-state index is 0.00580. The zero-order valence-corrected chi connectivity index (χ0v) is 16.5. The van der Waals surface area contributed by atoms with Crippen molar-refractivity contribution in [3.8, 4) is 0 Å². The Bertz CT molecular complexity index is 985. The van der Waals surface area contributed by atoms with Gasteiger partial charge in [-0.25, -0.2) is 14.8 Å². The molecule has 8 nitrogen and oxygen atoms in total. The Morgan fingerprint density at radius 1 is 1.26 bits per heavy atom. The molecule has 2 aliphatic heterocycles. The van der Waals surface area contributed by atoms with Crippen LogP contribution in [0, 0.1) is 0 Å². The molecule has 0 aromatic carbocycles. The van der Waals surface area contributed by atoms with E-state index in [1.807, 2.05) is 0 Å². The first-order valence-corrected chi connectivity index (χ1v) is 9.87. The van der Waals surface area contributed by atoms with Crippen LogP contribution in [0.4, 0.5) is 35.3 Å². The predicted octanol–water partition coefficient (Wildman–Crippen LogP) is 2.96. The Morgan fingerprint density at radius 2 is 2.06 bits per heavy atom. The number of aromatic nitrogens is 2. The van der Waals surface area contributed by atoms with Gasteiger partial charge in [-0.15, -0.1) is 0 Å². The molecule has 0 spiro atoms. The van der Waals surface area contributed by atoms with Crippen LogP contribution in [0.3, 0.4) is 0 Å². The summed E-state index contributed by atoms with van der Waals surface area (Å²) in [6.07, 6.45) is -3.19. The van der Waals surface area contributed by atoms with E-state index in [0.717, 1.165) is 13.0 Å². The van der Waals surface area contributed by atoms with Gasteiger partial charge in [0, 0.05) is 25.7 Å². The molecule has 1 fully saturated rings. The van der Waals surface area contributed by atoms with Crippen LogP contribution < -0.4 is 20.9 Å². The van der Waals surface area contributed by atoms with Gasteiger partial charge in [0.1, 0.15) is 17.6 Å². The van der Waals surface area contributed by atoms with E-state index in [-0.39, 0.29) is 18.2 Å². The maximum absolute atomic E-state index is 13.0. The summed E-state index contributed by atoms with van der Waals surface area (Å²) in [4.78, 5) is 37.5.